The van der Waals surface area contributed by atoms with Crippen LogP contribution >= 0.6 is 35.0 Å². The molecule has 0 spiro atoms. The van der Waals surface area contributed by atoms with Gasteiger partial charge in [-0.1, -0.05) is 83.9 Å². The molecule has 2 aliphatic rings. The lowest BCUT2D eigenvalue weighted by molar-refractivity contribution is -0.125. The van der Waals surface area contributed by atoms with Crippen molar-refractivity contribution in [2.45, 2.75) is 12.1 Å². The van der Waals surface area contributed by atoms with Gasteiger partial charge in [0.05, 0.1) is 5.02 Å². The number of carbonyl (C=O) groups excluding carboxylic acids is 1. The number of fused-ring (bicyclic) bond motifs is 1. The van der Waals surface area contributed by atoms with Gasteiger partial charge < -0.3 is 0 Å². The summed E-state index contributed by atoms with van der Waals surface area (Å²) >= 11 is 13.9. The molecule has 5 rings (SSSR count). The number of benzene rings is 3. The summed E-state index contributed by atoms with van der Waals surface area (Å²) < 4.78 is 0. The highest BCUT2D eigenvalue weighted by Gasteiger charge is 2.43. The van der Waals surface area contributed by atoms with Gasteiger partial charge in [0.2, 0.25) is 0 Å². The van der Waals surface area contributed by atoms with Gasteiger partial charge >= 0.3 is 0 Å². The van der Waals surface area contributed by atoms with Gasteiger partial charge in [0.15, 0.2) is 11.0 Å². The number of thioether (sulfide) groups is 1. The third-order valence-corrected chi connectivity index (χ3v) is 6.52. The van der Waals surface area contributed by atoms with Crippen LogP contribution in [0.15, 0.2) is 89.0 Å². The maximum atomic E-state index is 13.6. The highest BCUT2D eigenvalue weighted by molar-refractivity contribution is 8.27. The Balaban J connectivity index is 1.62. The number of nitrogens with zero attached hydrogens (tertiary/aromatic N) is 3. The zero-order valence-corrected chi connectivity index (χ0v) is 17.9. The van der Waals surface area contributed by atoms with E-state index in [2.05, 4.69) is 0 Å². The van der Waals surface area contributed by atoms with E-state index in [1.165, 1.54) is 11.8 Å². The van der Waals surface area contributed by atoms with Gasteiger partial charge in [-0.2, -0.15) is 5.10 Å². The average molecular weight is 452 g/mol. The van der Waals surface area contributed by atoms with Crippen LogP contribution in [0.5, 0.6) is 0 Å². The second kappa shape index (κ2) is 7.91. The molecular formula is C23H15Cl2N3OS. The summed E-state index contributed by atoms with van der Waals surface area (Å²) in [5.41, 5.74) is 2.51. The van der Waals surface area contributed by atoms with Gasteiger partial charge in [-0.15, -0.1) is 0 Å². The minimum Gasteiger partial charge on any atom is -0.294 e. The van der Waals surface area contributed by atoms with Crippen LogP contribution in [0, 0.1) is 0 Å². The van der Waals surface area contributed by atoms with E-state index in [1.807, 2.05) is 66.7 Å². The quantitative estimate of drug-likeness (QED) is 0.481. The second-order valence-electron chi connectivity index (χ2n) is 6.92. The fourth-order valence-corrected chi connectivity index (χ4v) is 5.12. The number of hydrazone groups is 1. The molecule has 0 aromatic heterocycles. The lowest BCUT2D eigenvalue weighted by Crippen LogP contribution is -2.38. The Labute approximate surface area is 188 Å². The predicted molar refractivity (Wildman–Crippen MR) is 123 cm³/mol. The summed E-state index contributed by atoms with van der Waals surface area (Å²) in [6, 6.07) is 23.5. The molecule has 0 bridgehead atoms. The van der Waals surface area contributed by atoms with Crippen LogP contribution in [0.4, 0.5) is 0 Å². The molecule has 3 aromatic rings. The van der Waals surface area contributed by atoms with Crippen molar-refractivity contribution >= 4 is 51.0 Å². The molecule has 0 saturated heterocycles. The summed E-state index contributed by atoms with van der Waals surface area (Å²) in [5, 5.41) is 8.89. The Kier molecular flexibility index (Phi) is 5.11. The summed E-state index contributed by atoms with van der Waals surface area (Å²) in [6.45, 7) is 0. The fourth-order valence-electron chi connectivity index (χ4n) is 3.58. The summed E-state index contributed by atoms with van der Waals surface area (Å²) in [5.74, 6) is -0.0102. The van der Waals surface area contributed by atoms with Gasteiger partial charge in [0, 0.05) is 10.6 Å². The maximum Gasteiger partial charge on any atom is 0.190 e. The number of hydrogen-bond acceptors (Lipinski definition) is 5. The van der Waals surface area contributed by atoms with E-state index in [-0.39, 0.29) is 5.78 Å². The maximum absolute atomic E-state index is 13.6. The Hall–Kier alpha value is -2.60. The summed E-state index contributed by atoms with van der Waals surface area (Å²) in [4.78, 5) is 18.3. The zero-order valence-electron chi connectivity index (χ0n) is 15.6. The largest absolute Gasteiger partial charge is 0.294 e. The minimum absolute atomic E-state index is 0.0102. The molecule has 4 nitrogen and oxygen atoms in total. The molecule has 148 valence electrons. The lowest BCUT2D eigenvalue weighted by atomic mass is 9.92. The van der Waals surface area contributed by atoms with E-state index < -0.39 is 12.1 Å². The highest BCUT2D eigenvalue weighted by Crippen LogP contribution is 2.42. The van der Waals surface area contributed by atoms with Gasteiger partial charge in [0.25, 0.3) is 0 Å². The molecule has 2 aliphatic heterocycles. The van der Waals surface area contributed by atoms with Crippen LogP contribution in [-0.2, 0) is 4.79 Å². The van der Waals surface area contributed by atoms with Crippen molar-refractivity contribution in [1.82, 2.24) is 5.01 Å². The smallest absolute Gasteiger partial charge is 0.190 e. The van der Waals surface area contributed by atoms with Crippen molar-refractivity contribution in [3.63, 3.8) is 0 Å². The van der Waals surface area contributed by atoms with Crippen LogP contribution < -0.4 is 0 Å². The number of carbonyl (C=O) groups is 1. The molecular weight excluding hydrogens is 437 g/mol. The zero-order chi connectivity index (χ0) is 20.7. The minimum atomic E-state index is -0.578. The molecule has 0 aliphatic carbocycles. The van der Waals surface area contributed by atoms with Crippen molar-refractivity contribution in [1.29, 1.82) is 0 Å². The van der Waals surface area contributed by atoms with Crippen molar-refractivity contribution in [3.05, 3.63) is 106 Å². The van der Waals surface area contributed by atoms with Crippen molar-refractivity contribution in [2.75, 3.05) is 0 Å². The third kappa shape index (κ3) is 3.43. The van der Waals surface area contributed by atoms with E-state index in [9.17, 15) is 4.79 Å². The number of amidine groups is 1. The van der Waals surface area contributed by atoms with Gasteiger partial charge in [-0.25, -0.2) is 10.0 Å². The monoisotopic (exact) mass is 451 g/mol. The molecule has 0 saturated carbocycles. The van der Waals surface area contributed by atoms with Crippen LogP contribution in [0.1, 0.15) is 28.8 Å². The van der Waals surface area contributed by atoms with Gasteiger partial charge in [-0.3, -0.25) is 4.79 Å². The van der Waals surface area contributed by atoms with Gasteiger partial charge in [-0.05, 0) is 41.1 Å². The number of halogens is 2. The standard InChI is InChI=1S/C23H15Cl2N3OS/c24-16-11-12-17(18(25)13-16)22-27-28-20(15-9-5-2-6-10-15)21(29)19(26-23(28)30-22)14-7-3-1-4-8-14/h1-13,19-20H. The molecule has 7 heteroatoms. The first-order valence-corrected chi connectivity index (χ1v) is 10.9. The number of Topliss-reactive ketones (excluding diaryl/α,β-unsaturated/α-hetero) is 1. The second-order valence-corrected chi connectivity index (χ2v) is 8.72. The summed E-state index contributed by atoms with van der Waals surface area (Å²) in [6.07, 6.45) is 0. The first-order chi connectivity index (χ1) is 14.6. The number of hydrogen-bond donors (Lipinski definition) is 0. The van der Waals surface area contributed by atoms with Crippen LogP contribution in [0.2, 0.25) is 10.0 Å². The normalized spacial score (nSPS) is 20.6. The van der Waals surface area contributed by atoms with Gasteiger partial charge in [0.1, 0.15) is 17.1 Å². The van der Waals surface area contributed by atoms with E-state index in [0.717, 1.165) is 16.7 Å². The van der Waals surface area contributed by atoms with E-state index in [1.54, 1.807) is 17.1 Å². The molecule has 0 fully saturated rings. The topological polar surface area (TPSA) is 45.0 Å². The van der Waals surface area contributed by atoms with Crippen molar-refractivity contribution in [2.24, 2.45) is 10.1 Å². The van der Waals surface area contributed by atoms with E-state index >= 15 is 0 Å². The van der Waals surface area contributed by atoms with Crippen LogP contribution in [-0.4, -0.2) is 21.0 Å². The highest BCUT2D eigenvalue weighted by atomic mass is 35.5. The molecule has 3 aromatic carbocycles. The molecule has 30 heavy (non-hydrogen) atoms. The SMILES string of the molecule is O=C1C(c2ccccc2)N=C2SC(c3ccc(Cl)cc3Cl)=NN2C1c1ccccc1. The molecule has 0 amide bonds. The Morgan fingerprint density at radius 2 is 1.53 bits per heavy atom. The van der Waals surface area contributed by atoms with Crippen LogP contribution in [0.25, 0.3) is 0 Å². The van der Waals surface area contributed by atoms with E-state index in [0.29, 0.717) is 20.3 Å². The first kappa shape index (κ1) is 19.4. The molecule has 2 atom stereocenters. The average Bonchev–Trinajstić information content (AvgIpc) is 3.17. The Bertz CT molecular complexity index is 1180. The Morgan fingerprint density at radius 3 is 2.20 bits per heavy atom. The first-order valence-electron chi connectivity index (χ1n) is 9.34. The summed E-state index contributed by atoms with van der Waals surface area (Å²) in [7, 11) is 0. The Morgan fingerprint density at radius 1 is 0.867 bits per heavy atom. The number of aliphatic imine (C=N–C) groups is 1. The molecule has 0 N–H and O–H groups in total. The number of rotatable bonds is 3. The fraction of sp³-hybridized carbons (Fsp3) is 0.0870. The predicted octanol–water partition coefficient (Wildman–Crippen LogP) is 6.13. The molecule has 2 unspecified atom stereocenters. The van der Waals surface area contributed by atoms with E-state index in [4.69, 9.17) is 33.3 Å². The molecule has 2 heterocycles. The van der Waals surface area contributed by atoms with Crippen LogP contribution in [0.3, 0.4) is 0 Å². The lowest BCUT2D eigenvalue weighted by Gasteiger charge is -2.32. The molecule has 0 radical (unpaired) electrons. The number of ketones is 1. The van der Waals surface area contributed by atoms with Crippen molar-refractivity contribution in [3.8, 4) is 0 Å². The third-order valence-electron chi connectivity index (χ3n) is 5.00. The van der Waals surface area contributed by atoms with Crippen molar-refractivity contribution < 1.29 is 4.79 Å².